The molecular formula is C26H28FNO4. The smallest absolute Gasteiger partial charge is 0.134 e. The first-order valence-corrected chi connectivity index (χ1v) is 10.5. The second-order valence-electron chi connectivity index (χ2n) is 7.17. The van der Waals surface area contributed by atoms with Gasteiger partial charge in [0.25, 0.3) is 0 Å². The average Bonchev–Trinajstić information content (AvgIpc) is 2.83. The second kappa shape index (κ2) is 11.7. The lowest BCUT2D eigenvalue weighted by Crippen LogP contribution is -2.13. The van der Waals surface area contributed by atoms with Crippen LogP contribution in [0.15, 0.2) is 71.9 Å². The maximum atomic E-state index is 14.1. The molecule has 0 amide bonds. The molecule has 3 rings (SSSR count). The summed E-state index contributed by atoms with van der Waals surface area (Å²) in [6, 6.07) is 20.1. The van der Waals surface area contributed by atoms with E-state index in [1.165, 1.54) is 13.2 Å². The number of ether oxygens (including phenoxy) is 3. The Bertz CT molecular complexity index is 1020. The molecule has 0 aliphatic carbocycles. The van der Waals surface area contributed by atoms with Crippen molar-refractivity contribution >= 4 is 5.71 Å². The summed E-state index contributed by atoms with van der Waals surface area (Å²) in [5, 5.41) is 4.07. The number of oxime groups is 1. The summed E-state index contributed by atoms with van der Waals surface area (Å²) in [6.45, 7) is 2.62. The van der Waals surface area contributed by atoms with Gasteiger partial charge >= 0.3 is 0 Å². The zero-order valence-electron chi connectivity index (χ0n) is 18.6. The Morgan fingerprint density at radius 2 is 1.53 bits per heavy atom. The van der Waals surface area contributed by atoms with Gasteiger partial charge in [0.1, 0.15) is 49.1 Å². The van der Waals surface area contributed by atoms with Gasteiger partial charge in [0.2, 0.25) is 0 Å². The molecule has 0 bridgehead atoms. The molecule has 0 aliphatic rings. The summed E-state index contributed by atoms with van der Waals surface area (Å²) in [5.41, 5.74) is 3.22. The average molecular weight is 438 g/mol. The van der Waals surface area contributed by atoms with Crippen molar-refractivity contribution < 1.29 is 23.4 Å². The van der Waals surface area contributed by atoms with E-state index in [1.54, 1.807) is 19.2 Å². The second-order valence-corrected chi connectivity index (χ2v) is 7.17. The van der Waals surface area contributed by atoms with Crippen molar-refractivity contribution in [3.8, 4) is 17.2 Å². The molecular weight excluding hydrogens is 409 g/mol. The van der Waals surface area contributed by atoms with Crippen molar-refractivity contribution in [2.75, 3.05) is 20.8 Å². The van der Waals surface area contributed by atoms with Crippen LogP contribution < -0.4 is 14.2 Å². The Kier molecular flexibility index (Phi) is 8.49. The molecule has 32 heavy (non-hydrogen) atoms. The zero-order valence-corrected chi connectivity index (χ0v) is 18.6. The Morgan fingerprint density at radius 1 is 0.844 bits per heavy atom. The minimum atomic E-state index is -0.224. The van der Waals surface area contributed by atoms with Crippen LogP contribution in [0.25, 0.3) is 0 Å². The number of aryl methyl sites for hydroxylation is 1. The molecule has 0 atom stereocenters. The molecule has 0 heterocycles. The summed E-state index contributed by atoms with van der Waals surface area (Å²) in [5.74, 6) is 1.76. The molecule has 0 spiro atoms. The van der Waals surface area contributed by atoms with Crippen LogP contribution in [0.3, 0.4) is 0 Å². The van der Waals surface area contributed by atoms with Crippen LogP contribution in [0.5, 0.6) is 17.2 Å². The first kappa shape index (κ1) is 23.1. The SMILES string of the molecule is CCCc1ccc(OCc2ccc(OC/C(=N\OC)c3ccc(OC)cc3)cc2)cc1F. The molecule has 3 aromatic rings. The minimum absolute atomic E-state index is 0.224. The highest BCUT2D eigenvalue weighted by Crippen LogP contribution is 2.20. The van der Waals surface area contributed by atoms with Crippen LogP contribution in [0.2, 0.25) is 0 Å². The van der Waals surface area contributed by atoms with Gasteiger partial charge in [0.05, 0.1) is 7.11 Å². The van der Waals surface area contributed by atoms with Crippen molar-refractivity contribution in [2.45, 2.75) is 26.4 Å². The molecule has 6 heteroatoms. The van der Waals surface area contributed by atoms with E-state index in [9.17, 15) is 4.39 Å². The van der Waals surface area contributed by atoms with Gasteiger partial charge in [-0.1, -0.05) is 36.7 Å². The summed E-state index contributed by atoms with van der Waals surface area (Å²) >= 11 is 0. The Hall–Kier alpha value is -3.54. The number of nitrogens with zero attached hydrogens (tertiary/aromatic N) is 1. The fourth-order valence-corrected chi connectivity index (χ4v) is 3.15. The van der Waals surface area contributed by atoms with E-state index < -0.39 is 0 Å². The number of benzene rings is 3. The topological polar surface area (TPSA) is 49.3 Å². The van der Waals surface area contributed by atoms with Crippen LogP contribution in [-0.4, -0.2) is 26.5 Å². The third-order valence-corrected chi connectivity index (χ3v) is 4.87. The lowest BCUT2D eigenvalue weighted by molar-refractivity contribution is 0.210. The molecule has 168 valence electrons. The van der Waals surface area contributed by atoms with E-state index in [4.69, 9.17) is 19.0 Å². The highest BCUT2D eigenvalue weighted by molar-refractivity contribution is 6.01. The number of halogens is 1. The zero-order chi connectivity index (χ0) is 22.8. The third kappa shape index (κ3) is 6.48. The standard InChI is InChI=1S/C26H28FNO4/c1-4-5-20-8-15-24(16-25(20)27)31-17-19-6-11-23(12-7-19)32-18-26(28-30-3)21-9-13-22(29-2)14-10-21/h6-16H,4-5,17-18H2,1-3H3/b28-26+. The molecule has 0 aromatic heterocycles. The lowest BCUT2D eigenvalue weighted by atomic mass is 10.1. The van der Waals surface area contributed by atoms with E-state index in [2.05, 4.69) is 5.16 Å². The Labute approximate surface area is 188 Å². The predicted molar refractivity (Wildman–Crippen MR) is 123 cm³/mol. The number of hydrogen-bond acceptors (Lipinski definition) is 5. The fourth-order valence-electron chi connectivity index (χ4n) is 3.15. The van der Waals surface area contributed by atoms with Gasteiger partial charge in [0, 0.05) is 11.6 Å². The quantitative estimate of drug-likeness (QED) is 0.281. The molecule has 5 nitrogen and oxygen atoms in total. The van der Waals surface area contributed by atoms with Gasteiger partial charge in [0.15, 0.2) is 0 Å². The van der Waals surface area contributed by atoms with Crippen LogP contribution in [0, 0.1) is 5.82 Å². The van der Waals surface area contributed by atoms with Crippen molar-refractivity contribution in [3.05, 3.63) is 89.2 Å². The summed E-state index contributed by atoms with van der Waals surface area (Å²) in [6.07, 6.45) is 1.63. The number of methoxy groups -OCH3 is 1. The number of hydrogen-bond donors (Lipinski definition) is 0. The maximum Gasteiger partial charge on any atom is 0.134 e. The van der Waals surface area contributed by atoms with Gasteiger partial charge in [-0.3, -0.25) is 0 Å². The molecule has 0 N–H and O–H groups in total. The van der Waals surface area contributed by atoms with E-state index >= 15 is 0 Å². The van der Waals surface area contributed by atoms with Gasteiger partial charge in [-0.05, 0) is 60.0 Å². The largest absolute Gasteiger partial charge is 0.497 e. The van der Waals surface area contributed by atoms with Crippen LogP contribution in [0.1, 0.15) is 30.0 Å². The van der Waals surface area contributed by atoms with Crippen LogP contribution in [0.4, 0.5) is 4.39 Å². The van der Waals surface area contributed by atoms with Crippen molar-refractivity contribution in [1.29, 1.82) is 0 Å². The summed E-state index contributed by atoms with van der Waals surface area (Å²) in [7, 11) is 3.12. The summed E-state index contributed by atoms with van der Waals surface area (Å²) < 4.78 is 30.8. The van der Waals surface area contributed by atoms with Crippen molar-refractivity contribution in [2.24, 2.45) is 5.16 Å². The van der Waals surface area contributed by atoms with Crippen LogP contribution in [-0.2, 0) is 17.9 Å². The van der Waals surface area contributed by atoms with E-state index in [0.717, 1.165) is 29.7 Å². The minimum Gasteiger partial charge on any atom is -0.497 e. The highest BCUT2D eigenvalue weighted by atomic mass is 19.1. The van der Waals surface area contributed by atoms with E-state index in [0.29, 0.717) is 29.4 Å². The normalized spacial score (nSPS) is 11.2. The van der Waals surface area contributed by atoms with Gasteiger partial charge < -0.3 is 19.0 Å². The maximum absolute atomic E-state index is 14.1. The number of rotatable bonds is 11. The van der Waals surface area contributed by atoms with E-state index in [-0.39, 0.29) is 12.4 Å². The molecule has 0 radical (unpaired) electrons. The first-order valence-electron chi connectivity index (χ1n) is 10.5. The van der Waals surface area contributed by atoms with Gasteiger partial charge in [-0.2, -0.15) is 0 Å². The molecule has 0 saturated carbocycles. The van der Waals surface area contributed by atoms with Crippen LogP contribution >= 0.6 is 0 Å². The Morgan fingerprint density at radius 3 is 2.16 bits per heavy atom. The summed E-state index contributed by atoms with van der Waals surface area (Å²) in [4.78, 5) is 4.96. The predicted octanol–water partition coefficient (Wildman–Crippen LogP) is 5.80. The highest BCUT2D eigenvalue weighted by Gasteiger charge is 2.08. The molecule has 0 fully saturated rings. The van der Waals surface area contributed by atoms with Crippen molar-refractivity contribution in [3.63, 3.8) is 0 Å². The Balaban J connectivity index is 1.55. The fraction of sp³-hybridized carbons (Fsp3) is 0.269. The molecule has 0 unspecified atom stereocenters. The molecule has 0 aliphatic heterocycles. The van der Waals surface area contributed by atoms with E-state index in [1.807, 2.05) is 55.5 Å². The molecule has 3 aromatic carbocycles. The lowest BCUT2D eigenvalue weighted by Gasteiger charge is -2.11. The molecule has 0 saturated heterocycles. The van der Waals surface area contributed by atoms with Gasteiger partial charge in [-0.25, -0.2) is 4.39 Å². The van der Waals surface area contributed by atoms with Crippen molar-refractivity contribution in [1.82, 2.24) is 0 Å². The van der Waals surface area contributed by atoms with Gasteiger partial charge in [-0.15, -0.1) is 0 Å². The third-order valence-electron chi connectivity index (χ3n) is 4.87. The monoisotopic (exact) mass is 437 g/mol. The first-order chi connectivity index (χ1) is 15.6.